The summed E-state index contributed by atoms with van der Waals surface area (Å²) in [6.45, 7) is 3.24. The lowest BCUT2D eigenvalue weighted by Crippen LogP contribution is -2.36. The Balaban J connectivity index is 1.97. The molecule has 1 fully saturated rings. The topological polar surface area (TPSA) is 15.3 Å². The molecule has 0 aliphatic heterocycles. The number of likely N-dealkylation sites (N-methyl/N-ethyl adjacent to an activating group) is 2. The molecule has 2 nitrogen and oxygen atoms in total. The van der Waals surface area contributed by atoms with E-state index in [1.54, 1.807) is 0 Å². The van der Waals surface area contributed by atoms with E-state index < -0.39 is 0 Å². The second-order valence-electron chi connectivity index (χ2n) is 5.63. The predicted molar refractivity (Wildman–Crippen MR) is 77.9 cm³/mol. The Labute approximate surface area is 111 Å². The van der Waals surface area contributed by atoms with Crippen molar-refractivity contribution in [2.75, 3.05) is 20.6 Å². The molecule has 0 radical (unpaired) electrons. The highest BCUT2D eigenvalue weighted by Crippen LogP contribution is 2.24. The van der Waals surface area contributed by atoms with Crippen LogP contribution in [0.1, 0.15) is 42.9 Å². The predicted octanol–water partition coefficient (Wildman–Crippen LogP) is 3.13. The van der Waals surface area contributed by atoms with Crippen molar-refractivity contribution in [1.82, 2.24) is 10.2 Å². The molecule has 0 saturated heterocycles. The van der Waals surface area contributed by atoms with Crippen LogP contribution < -0.4 is 5.32 Å². The van der Waals surface area contributed by atoms with Crippen molar-refractivity contribution < 1.29 is 0 Å². The first-order valence-corrected chi connectivity index (χ1v) is 7.15. The molecule has 1 aliphatic rings. The zero-order chi connectivity index (χ0) is 13.0. The average Bonchev–Trinajstić information content (AvgIpc) is 2.91. The molecule has 100 valence electrons. The minimum absolute atomic E-state index is 0.441. The Morgan fingerprint density at radius 3 is 2.39 bits per heavy atom. The molecule has 18 heavy (non-hydrogen) atoms. The number of nitrogens with one attached hydrogen (secondary N) is 1. The second kappa shape index (κ2) is 6.35. The van der Waals surface area contributed by atoms with Gasteiger partial charge < -0.3 is 10.2 Å². The first-order valence-electron chi connectivity index (χ1n) is 7.15. The van der Waals surface area contributed by atoms with E-state index in [0.717, 1.165) is 12.6 Å². The fraction of sp³-hybridized carbons (Fsp3) is 0.625. The van der Waals surface area contributed by atoms with Crippen LogP contribution >= 0.6 is 0 Å². The molecule has 1 N–H and O–H groups in total. The molecule has 1 aliphatic carbocycles. The summed E-state index contributed by atoms with van der Waals surface area (Å²) in [5, 5.41) is 3.45. The van der Waals surface area contributed by atoms with E-state index in [9.17, 15) is 0 Å². The van der Waals surface area contributed by atoms with Crippen molar-refractivity contribution in [3.63, 3.8) is 0 Å². The summed E-state index contributed by atoms with van der Waals surface area (Å²) in [5.74, 6) is 0. The van der Waals surface area contributed by atoms with Gasteiger partial charge in [-0.2, -0.15) is 0 Å². The molecular weight excluding hydrogens is 220 g/mol. The first kappa shape index (κ1) is 13.6. The zero-order valence-electron chi connectivity index (χ0n) is 11.9. The zero-order valence-corrected chi connectivity index (χ0v) is 11.9. The van der Waals surface area contributed by atoms with Crippen LogP contribution in [0.3, 0.4) is 0 Å². The second-order valence-corrected chi connectivity index (χ2v) is 5.63. The number of hydrogen-bond acceptors (Lipinski definition) is 2. The van der Waals surface area contributed by atoms with Gasteiger partial charge in [0.05, 0.1) is 0 Å². The number of nitrogens with zero attached hydrogens (tertiary/aromatic N) is 1. The van der Waals surface area contributed by atoms with Gasteiger partial charge in [-0.3, -0.25) is 0 Å². The maximum absolute atomic E-state index is 3.45. The lowest BCUT2D eigenvalue weighted by Gasteiger charge is -2.29. The van der Waals surface area contributed by atoms with Gasteiger partial charge in [-0.05, 0) is 39.4 Å². The number of rotatable bonds is 5. The van der Waals surface area contributed by atoms with Crippen molar-refractivity contribution in [3.05, 3.63) is 35.4 Å². The minimum atomic E-state index is 0.441. The fourth-order valence-electron chi connectivity index (χ4n) is 2.94. The van der Waals surface area contributed by atoms with Crippen LogP contribution in [-0.2, 0) is 0 Å². The van der Waals surface area contributed by atoms with E-state index in [4.69, 9.17) is 0 Å². The van der Waals surface area contributed by atoms with E-state index in [2.05, 4.69) is 55.5 Å². The third kappa shape index (κ3) is 3.33. The van der Waals surface area contributed by atoms with Gasteiger partial charge in [0.1, 0.15) is 0 Å². The normalized spacial score (nSPS) is 18.4. The SMILES string of the molecule is CNC(CN(C)C1CCCC1)c1ccc(C)cc1. The lowest BCUT2D eigenvalue weighted by molar-refractivity contribution is 0.222. The summed E-state index contributed by atoms with van der Waals surface area (Å²) in [5.41, 5.74) is 2.73. The maximum atomic E-state index is 3.45. The lowest BCUT2D eigenvalue weighted by atomic mass is 10.0. The Morgan fingerprint density at radius 2 is 1.83 bits per heavy atom. The van der Waals surface area contributed by atoms with Crippen LogP contribution in [-0.4, -0.2) is 31.6 Å². The Kier molecular flexibility index (Phi) is 4.79. The summed E-state index contributed by atoms with van der Waals surface area (Å²) < 4.78 is 0. The van der Waals surface area contributed by atoms with Crippen molar-refractivity contribution in [1.29, 1.82) is 0 Å². The third-order valence-electron chi connectivity index (χ3n) is 4.25. The molecule has 1 unspecified atom stereocenters. The van der Waals surface area contributed by atoms with E-state index in [1.807, 2.05) is 0 Å². The van der Waals surface area contributed by atoms with Gasteiger partial charge >= 0.3 is 0 Å². The molecule has 2 heteroatoms. The summed E-state index contributed by atoms with van der Waals surface area (Å²) in [4.78, 5) is 2.54. The van der Waals surface area contributed by atoms with Crippen LogP contribution in [0.2, 0.25) is 0 Å². The first-order chi connectivity index (χ1) is 8.70. The maximum Gasteiger partial charge on any atom is 0.0446 e. The highest BCUT2D eigenvalue weighted by Gasteiger charge is 2.22. The summed E-state index contributed by atoms with van der Waals surface area (Å²) in [7, 11) is 4.33. The van der Waals surface area contributed by atoms with Gasteiger partial charge in [-0.25, -0.2) is 0 Å². The molecule has 1 aromatic rings. The summed E-state index contributed by atoms with van der Waals surface area (Å²) in [6, 6.07) is 10.1. The standard InChI is InChI=1S/C16H26N2/c1-13-8-10-14(11-9-13)16(17-2)12-18(3)15-6-4-5-7-15/h8-11,15-17H,4-7,12H2,1-3H3. The number of benzene rings is 1. The molecule has 0 aromatic heterocycles. The number of hydrogen-bond donors (Lipinski definition) is 1. The minimum Gasteiger partial charge on any atom is -0.312 e. The Bertz CT molecular complexity index is 352. The van der Waals surface area contributed by atoms with E-state index in [0.29, 0.717) is 6.04 Å². The van der Waals surface area contributed by atoms with Crippen LogP contribution in [0.25, 0.3) is 0 Å². The van der Waals surface area contributed by atoms with Crippen LogP contribution in [0.5, 0.6) is 0 Å². The largest absolute Gasteiger partial charge is 0.312 e. The van der Waals surface area contributed by atoms with E-state index >= 15 is 0 Å². The van der Waals surface area contributed by atoms with Gasteiger partial charge in [-0.1, -0.05) is 42.7 Å². The van der Waals surface area contributed by atoms with Crippen molar-refractivity contribution in [2.45, 2.75) is 44.7 Å². The highest BCUT2D eigenvalue weighted by atomic mass is 15.2. The van der Waals surface area contributed by atoms with Crippen LogP contribution in [0, 0.1) is 6.92 Å². The molecule has 2 rings (SSSR count). The van der Waals surface area contributed by atoms with Gasteiger partial charge in [-0.15, -0.1) is 0 Å². The average molecular weight is 246 g/mol. The monoisotopic (exact) mass is 246 g/mol. The highest BCUT2D eigenvalue weighted by molar-refractivity contribution is 5.24. The third-order valence-corrected chi connectivity index (χ3v) is 4.25. The molecule has 0 spiro atoms. The summed E-state index contributed by atoms with van der Waals surface area (Å²) in [6.07, 6.45) is 5.56. The van der Waals surface area contributed by atoms with Gasteiger partial charge in [0.15, 0.2) is 0 Å². The van der Waals surface area contributed by atoms with Gasteiger partial charge in [0, 0.05) is 18.6 Å². The van der Waals surface area contributed by atoms with Crippen molar-refractivity contribution in [2.24, 2.45) is 0 Å². The Hall–Kier alpha value is -0.860. The van der Waals surface area contributed by atoms with Gasteiger partial charge in [0.25, 0.3) is 0 Å². The molecule has 1 saturated carbocycles. The molecule has 1 aromatic carbocycles. The molecule has 1 atom stereocenters. The van der Waals surface area contributed by atoms with Crippen LogP contribution in [0.15, 0.2) is 24.3 Å². The smallest absolute Gasteiger partial charge is 0.0446 e. The van der Waals surface area contributed by atoms with Crippen LogP contribution in [0.4, 0.5) is 0 Å². The quantitative estimate of drug-likeness (QED) is 0.858. The van der Waals surface area contributed by atoms with Crippen molar-refractivity contribution >= 4 is 0 Å². The van der Waals surface area contributed by atoms with E-state index in [-0.39, 0.29) is 0 Å². The molecule has 0 heterocycles. The molecular formula is C16H26N2. The fourth-order valence-corrected chi connectivity index (χ4v) is 2.94. The van der Waals surface area contributed by atoms with Gasteiger partial charge in [0.2, 0.25) is 0 Å². The summed E-state index contributed by atoms with van der Waals surface area (Å²) >= 11 is 0. The number of aryl methyl sites for hydroxylation is 1. The molecule has 0 amide bonds. The molecule has 0 bridgehead atoms. The van der Waals surface area contributed by atoms with E-state index in [1.165, 1.54) is 36.8 Å². The Morgan fingerprint density at radius 1 is 1.22 bits per heavy atom. The van der Waals surface area contributed by atoms with Crippen molar-refractivity contribution in [3.8, 4) is 0 Å².